The molecule has 0 fully saturated rings. The van der Waals surface area contributed by atoms with Gasteiger partial charge in [0.15, 0.2) is 0 Å². The van der Waals surface area contributed by atoms with Gasteiger partial charge in [-0.3, -0.25) is 4.79 Å². The van der Waals surface area contributed by atoms with E-state index in [1.54, 1.807) is 19.3 Å². The topological polar surface area (TPSA) is 38.8 Å². The van der Waals surface area contributed by atoms with Crippen molar-refractivity contribution in [2.45, 2.75) is 13.0 Å². The Morgan fingerprint density at radius 2 is 2.04 bits per heavy atom. The zero-order valence-corrected chi connectivity index (χ0v) is 13.8. The number of nitrogens with zero attached hydrogens (tertiary/aromatic N) is 1. The van der Waals surface area contributed by atoms with Crippen LogP contribution in [-0.2, 0) is 13.0 Å². The van der Waals surface area contributed by atoms with Crippen LogP contribution in [0.25, 0.3) is 0 Å². The largest absolute Gasteiger partial charge is 0.497 e. The van der Waals surface area contributed by atoms with Crippen molar-refractivity contribution in [2.24, 2.45) is 0 Å². The molecule has 0 spiro atoms. The quantitative estimate of drug-likeness (QED) is 0.733. The molecule has 1 aliphatic heterocycles. The normalized spacial score (nSPS) is 12.9. The maximum Gasteiger partial charge on any atom is 0.254 e. The Hall–Kier alpha value is -2.75. The van der Waals surface area contributed by atoms with E-state index in [9.17, 15) is 4.79 Å². The Labute approximate surface area is 142 Å². The van der Waals surface area contributed by atoms with Gasteiger partial charge in [-0.1, -0.05) is 43.0 Å². The van der Waals surface area contributed by atoms with Gasteiger partial charge in [-0.15, -0.1) is 0 Å². The van der Waals surface area contributed by atoms with Gasteiger partial charge in [0, 0.05) is 18.2 Å². The fourth-order valence-electron chi connectivity index (χ4n) is 2.89. The summed E-state index contributed by atoms with van der Waals surface area (Å²) in [6.45, 7) is 5.32. The van der Waals surface area contributed by atoms with E-state index in [-0.39, 0.29) is 5.91 Å². The highest BCUT2D eigenvalue weighted by Gasteiger charge is 2.30. The second-order valence-corrected chi connectivity index (χ2v) is 5.71. The number of carbonyl (C=O) groups excluding carboxylic acids is 1. The monoisotopic (exact) mass is 323 g/mol. The zero-order chi connectivity index (χ0) is 16.9. The molecule has 0 bridgehead atoms. The molecule has 124 valence electrons. The molecule has 0 saturated heterocycles. The summed E-state index contributed by atoms with van der Waals surface area (Å²) in [5, 5.41) is 0. The summed E-state index contributed by atoms with van der Waals surface area (Å²) in [6, 6.07) is 13.8. The van der Waals surface area contributed by atoms with E-state index < -0.39 is 0 Å². The number of fused-ring (bicyclic) bond motifs is 1. The average molecular weight is 323 g/mol. The number of rotatable bonds is 7. The summed E-state index contributed by atoms with van der Waals surface area (Å²) in [6.07, 6.45) is 2.52. The van der Waals surface area contributed by atoms with Crippen molar-refractivity contribution in [2.75, 3.05) is 20.3 Å². The second-order valence-electron chi connectivity index (χ2n) is 5.71. The molecule has 4 nitrogen and oxygen atoms in total. The summed E-state index contributed by atoms with van der Waals surface area (Å²) in [5.74, 6) is 1.36. The molecule has 2 aromatic carbocycles. The van der Waals surface area contributed by atoms with E-state index in [4.69, 9.17) is 9.47 Å². The first-order valence-corrected chi connectivity index (χ1v) is 8.00. The fourth-order valence-corrected chi connectivity index (χ4v) is 2.89. The van der Waals surface area contributed by atoms with Crippen molar-refractivity contribution in [3.05, 3.63) is 71.8 Å². The predicted octanol–water partition coefficient (Wildman–Crippen LogP) is 3.46. The van der Waals surface area contributed by atoms with Gasteiger partial charge in [-0.2, -0.15) is 0 Å². The third-order valence-electron chi connectivity index (χ3n) is 4.15. The van der Waals surface area contributed by atoms with Gasteiger partial charge in [0.2, 0.25) is 0 Å². The molecule has 0 saturated carbocycles. The summed E-state index contributed by atoms with van der Waals surface area (Å²) < 4.78 is 11.0. The summed E-state index contributed by atoms with van der Waals surface area (Å²) >= 11 is 0. The average Bonchev–Trinajstić information content (AvgIpc) is 2.95. The van der Waals surface area contributed by atoms with E-state index >= 15 is 0 Å². The third-order valence-corrected chi connectivity index (χ3v) is 4.15. The van der Waals surface area contributed by atoms with Gasteiger partial charge in [-0.25, -0.2) is 0 Å². The van der Waals surface area contributed by atoms with E-state index in [1.165, 1.54) is 5.56 Å². The van der Waals surface area contributed by atoms with Crippen molar-refractivity contribution in [3.63, 3.8) is 0 Å². The Kier molecular flexibility index (Phi) is 4.85. The van der Waals surface area contributed by atoms with Crippen molar-refractivity contribution >= 4 is 5.91 Å². The third kappa shape index (κ3) is 3.27. The lowest BCUT2D eigenvalue weighted by Crippen LogP contribution is -2.26. The van der Waals surface area contributed by atoms with E-state index in [1.807, 2.05) is 29.2 Å². The molecule has 0 radical (unpaired) electrons. The Bertz CT molecular complexity index is 740. The highest BCUT2D eigenvalue weighted by atomic mass is 16.5. The number of benzene rings is 2. The lowest BCUT2D eigenvalue weighted by Gasteiger charge is -2.15. The summed E-state index contributed by atoms with van der Waals surface area (Å²) in [5.41, 5.74) is 2.82. The van der Waals surface area contributed by atoms with E-state index in [0.29, 0.717) is 36.8 Å². The van der Waals surface area contributed by atoms with Crippen molar-refractivity contribution in [1.82, 2.24) is 4.90 Å². The number of hydrogen-bond donors (Lipinski definition) is 0. The van der Waals surface area contributed by atoms with Crippen molar-refractivity contribution < 1.29 is 14.3 Å². The van der Waals surface area contributed by atoms with Crippen LogP contribution >= 0.6 is 0 Å². The van der Waals surface area contributed by atoms with Crippen LogP contribution < -0.4 is 9.47 Å². The van der Waals surface area contributed by atoms with Crippen LogP contribution in [0, 0.1) is 0 Å². The first-order valence-electron chi connectivity index (χ1n) is 8.00. The van der Waals surface area contributed by atoms with Gasteiger partial charge in [0.05, 0.1) is 19.2 Å². The lowest BCUT2D eigenvalue weighted by molar-refractivity contribution is 0.0780. The van der Waals surface area contributed by atoms with Crippen LogP contribution in [0.4, 0.5) is 0 Å². The van der Waals surface area contributed by atoms with Crippen LogP contribution in [0.15, 0.2) is 55.1 Å². The minimum Gasteiger partial charge on any atom is -0.497 e. The minimum absolute atomic E-state index is 0.0308. The molecule has 3 rings (SSSR count). The van der Waals surface area contributed by atoms with Crippen LogP contribution in [0.5, 0.6) is 11.5 Å². The SMILES string of the molecule is C=CCOc1cc(OC)cc2c1CN(CCc1ccccc1)C2=O. The molecule has 0 atom stereocenters. The molecule has 2 aromatic rings. The smallest absolute Gasteiger partial charge is 0.254 e. The standard InChI is InChI=1S/C20H21NO3/c1-3-11-24-19-13-16(23-2)12-17-18(19)14-21(20(17)22)10-9-15-7-5-4-6-8-15/h3-8,12-13H,1,9-11,14H2,2H3. The zero-order valence-electron chi connectivity index (χ0n) is 13.8. The van der Waals surface area contributed by atoms with Gasteiger partial charge in [-0.05, 0) is 18.1 Å². The Morgan fingerprint density at radius 3 is 2.75 bits per heavy atom. The second kappa shape index (κ2) is 7.21. The molecule has 1 aliphatic rings. The highest BCUT2D eigenvalue weighted by Crippen LogP contribution is 2.35. The van der Waals surface area contributed by atoms with E-state index in [0.717, 1.165) is 12.0 Å². The molecular weight excluding hydrogens is 302 g/mol. The maximum atomic E-state index is 12.7. The molecule has 1 amide bonds. The molecule has 24 heavy (non-hydrogen) atoms. The first kappa shape index (κ1) is 16.1. The summed E-state index contributed by atoms with van der Waals surface area (Å²) in [7, 11) is 1.59. The number of ether oxygens (including phenoxy) is 2. The molecule has 0 aromatic heterocycles. The van der Waals surface area contributed by atoms with E-state index in [2.05, 4.69) is 18.7 Å². The summed E-state index contributed by atoms with van der Waals surface area (Å²) in [4.78, 5) is 14.6. The van der Waals surface area contributed by atoms with Gasteiger partial charge in [0.25, 0.3) is 5.91 Å². The number of hydrogen-bond acceptors (Lipinski definition) is 3. The van der Waals surface area contributed by atoms with Crippen LogP contribution in [-0.4, -0.2) is 31.1 Å². The van der Waals surface area contributed by atoms with Gasteiger partial charge >= 0.3 is 0 Å². The number of methoxy groups -OCH3 is 1. The van der Waals surface area contributed by atoms with Gasteiger partial charge < -0.3 is 14.4 Å². The first-order chi connectivity index (χ1) is 11.7. The highest BCUT2D eigenvalue weighted by molar-refractivity contribution is 5.99. The van der Waals surface area contributed by atoms with Crippen molar-refractivity contribution in [3.8, 4) is 11.5 Å². The molecule has 0 N–H and O–H groups in total. The number of amides is 1. The molecule has 4 heteroatoms. The van der Waals surface area contributed by atoms with Crippen LogP contribution in [0.2, 0.25) is 0 Å². The Balaban J connectivity index is 1.79. The predicted molar refractivity (Wildman–Crippen MR) is 93.6 cm³/mol. The Morgan fingerprint density at radius 1 is 1.25 bits per heavy atom. The molecule has 0 unspecified atom stereocenters. The molecule has 0 aliphatic carbocycles. The van der Waals surface area contributed by atoms with Crippen LogP contribution in [0.3, 0.4) is 0 Å². The fraction of sp³-hybridized carbons (Fsp3) is 0.250. The lowest BCUT2D eigenvalue weighted by atomic mass is 10.1. The molecular formula is C20H21NO3. The van der Waals surface area contributed by atoms with Crippen LogP contribution in [0.1, 0.15) is 21.5 Å². The van der Waals surface area contributed by atoms with Crippen molar-refractivity contribution in [1.29, 1.82) is 0 Å². The van der Waals surface area contributed by atoms with Gasteiger partial charge in [0.1, 0.15) is 18.1 Å². The molecule has 1 heterocycles. The minimum atomic E-state index is 0.0308. The maximum absolute atomic E-state index is 12.7. The number of carbonyl (C=O) groups is 1.